The molecule has 94 valence electrons. The van der Waals surface area contributed by atoms with Gasteiger partial charge in [0.2, 0.25) is 5.88 Å². The van der Waals surface area contributed by atoms with E-state index < -0.39 is 11.6 Å². The molecule has 0 saturated carbocycles. The monoisotopic (exact) mass is 270 g/mol. The second kappa shape index (κ2) is 4.86. The number of hydrogen-bond donors (Lipinski definition) is 0. The van der Waals surface area contributed by atoms with Gasteiger partial charge in [-0.25, -0.2) is 13.8 Å². The van der Waals surface area contributed by atoms with Gasteiger partial charge in [-0.15, -0.1) is 0 Å². The van der Waals surface area contributed by atoms with Crippen molar-refractivity contribution in [2.45, 2.75) is 13.8 Å². The lowest BCUT2D eigenvalue weighted by atomic mass is 10.3. The molecular weight excluding hydrogens is 262 g/mol. The van der Waals surface area contributed by atoms with Gasteiger partial charge in [-0.2, -0.15) is 4.98 Å². The Hall–Kier alpha value is -1.75. The number of halogens is 3. The quantitative estimate of drug-likeness (QED) is 0.778. The Morgan fingerprint density at radius 3 is 2.61 bits per heavy atom. The van der Waals surface area contributed by atoms with Crippen LogP contribution in [0.1, 0.15) is 11.4 Å². The molecule has 0 aliphatic rings. The number of aryl methyl sites for hydroxylation is 1. The number of nitrogens with zero attached hydrogens (tertiary/aromatic N) is 2. The summed E-state index contributed by atoms with van der Waals surface area (Å²) in [5, 5.41) is 0.217. The number of hydrogen-bond acceptors (Lipinski definition) is 3. The molecule has 6 heteroatoms. The number of rotatable bonds is 2. The van der Waals surface area contributed by atoms with Crippen molar-refractivity contribution < 1.29 is 13.5 Å². The van der Waals surface area contributed by atoms with Gasteiger partial charge in [-0.3, -0.25) is 0 Å². The van der Waals surface area contributed by atoms with Gasteiger partial charge in [0.05, 0.1) is 0 Å². The zero-order valence-electron chi connectivity index (χ0n) is 9.67. The average Bonchev–Trinajstić information content (AvgIpc) is 2.30. The second-order valence-electron chi connectivity index (χ2n) is 3.67. The Bertz CT molecular complexity index is 605. The lowest BCUT2D eigenvalue weighted by molar-refractivity contribution is 0.417. The second-order valence-corrected chi connectivity index (χ2v) is 4.03. The van der Waals surface area contributed by atoms with Crippen LogP contribution >= 0.6 is 11.6 Å². The van der Waals surface area contributed by atoms with Crippen molar-refractivity contribution in [1.82, 2.24) is 9.97 Å². The summed E-state index contributed by atoms with van der Waals surface area (Å²) in [7, 11) is 0. The fourth-order valence-electron chi connectivity index (χ4n) is 1.33. The number of ether oxygens (including phenoxy) is 1. The lowest BCUT2D eigenvalue weighted by Gasteiger charge is -2.09. The Balaban J connectivity index is 2.43. The molecule has 0 unspecified atom stereocenters. The smallest absolute Gasteiger partial charge is 0.227 e. The van der Waals surface area contributed by atoms with Gasteiger partial charge in [0, 0.05) is 11.6 Å². The topological polar surface area (TPSA) is 35.0 Å². The summed E-state index contributed by atoms with van der Waals surface area (Å²) in [6, 6.07) is 2.93. The molecule has 1 aromatic carbocycles. The molecule has 0 amide bonds. The summed E-state index contributed by atoms with van der Waals surface area (Å²) >= 11 is 5.86. The van der Waals surface area contributed by atoms with Crippen LogP contribution in [0.5, 0.6) is 11.6 Å². The van der Waals surface area contributed by atoms with E-state index in [-0.39, 0.29) is 16.8 Å². The highest BCUT2D eigenvalue weighted by atomic mass is 35.5. The number of benzene rings is 1. The Kier molecular flexibility index (Phi) is 3.43. The van der Waals surface area contributed by atoms with Gasteiger partial charge in [0.15, 0.2) is 11.6 Å². The summed E-state index contributed by atoms with van der Waals surface area (Å²) in [5.74, 6) is -1.02. The average molecular weight is 271 g/mol. The molecule has 0 aliphatic heterocycles. The van der Waals surface area contributed by atoms with E-state index in [1.165, 1.54) is 0 Å². The van der Waals surface area contributed by atoms with Crippen LogP contribution in [-0.4, -0.2) is 9.97 Å². The predicted octanol–water partition coefficient (Wildman–Crippen LogP) is 3.82. The van der Waals surface area contributed by atoms with Crippen LogP contribution in [0, 0.1) is 25.5 Å². The molecule has 1 heterocycles. The molecule has 0 atom stereocenters. The van der Waals surface area contributed by atoms with Crippen LogP contribution in [0.3, 0.4) is 0 Å². The van der Waals surface area contributed by atoms with Gasteiger partial charge < -0.3 is 4.74 Å². The van der Waals surface area contributed by atoms with Crippen LogP contribution < -0.4 is 4.74 Å². The van der Waals surface area contributed by atoms with Gasteiger partial charge in [0.1, 0.15) is 16.8 Å². The van der Waals surface area contributed by atoms with Crippen LogP contribution in [0.4, 0.5) is 8.78 Å². The molecule has 2 rings (SSSR count). The third-order valence-corrected chi connectivity index (χ3v) is 2.62. The third kappa shape index (κ3) is 2.56. The molecule has 0 N–H and O–H groups in total. The maximum absolute atomic E-state index is 13.4. The number of aromatic nitrogens is 2. The maximum atomic E-state index is 13.4. The minimum atomic E-state index is -0.678. The van der Waals surface area contributed by atoms with Crippen molar-refractivity contribution in [3.8, 4) is 11.6 Å². The van der Waals surface area contributed by atoms with E-state index in [2.05, 4.69) is 9.97 Å². The fourth-order valence-corrected chi connectivity index (χ4v) is 1.53. The lowest BCUT2D eigenvalue weighted by Crippen LogP contribution is -1.99. The highest BCUT2D eigenvalue weighted by Crippen LogP contribution is 2.28. The van der Waals surface area contributed by atoms with Gasteiger partial charge in [-0.1, -0.05) is 11.6 Å². The molecule has 0 radical (unpaired) electrons. The molecule has 0 bridgehead atoms. The molecule has 2 aromatic rings. The zero-order valence-corrected chi connectivity index (χ0v) is 10.4. The van der Waals surface area contributed by atoms with Crippen LogP contribution in [-0.2, 0) is 0 Å². The van der Waals surface area contributed by atoms with Gasteiger partial charge >= 0.3 is 0 Å². The first-order valence-electron chi connectivity index (χ1n) is 5.11. The molecule has 3 nitrogen and oxygen atoms in total. The summed E-state index contributed by atoms with van der Waals surface area (Å²) in [5.41, 5.74) is 0.464. The van der Waals surface area contributed by atoms with E-state index in [0.29, 0.717) is 11.4 Å². The van der Waals surface area contributed by atoms with Crippen molar-refractivity contribution in [2.24, 2.45) is 0 Å². The van der Waals surface area contributed by atoms with E-state index in [4.69, 9.17) is 16.3 Å². The molecular formula is C12H9ClF2N2O. The Labute approximate surface area is 107 Å². The highest BCUT2D eigenvalue weighted by Gasteiger charge is 2.12. The van der Waals surface area contributed by atoms with E-state index in [1.807, 2.05) is 0 Å². The van der Waals surface area contributed by atoms with Gasteiger partial charge in [0.25, 0.3) is 0 Å². The van der Waals surface area contributed by atoms with Crippen molar-refractivity contribution >= 4 is 11.6 Å². The first kappa shape index (κ1) is 12.7. The predicted molar refractivity (Wildman–Crippen MR) is 62.9 cm³/mol. The van der Waals surface area contributed by atoms with Crippen LogP contribution in [0.25, 0.3) is 0 Å². The summed E-state index contributed by atoms with van der Waals surface area (Å²) < 4.78 is 31.7. The van der Waals surface area contributed by atoms with Crippen molar-refractivity contribution in [2.75, 3.05) is 0 Å². The van der Waals surface area contributed by atoms with E-state index in [0.717, 1.165) is 18.2 Å². The van der Waals surface area contributed by atoms with Crippen LogP contribution in [0.15, 0.2) is 18.2 Å². The fraction of sp³-hybridized carbons (Fsp3) is 0.167. The van der Waals surface area contributed by atoms with E-state index in [9.17, 15) is 8.78 Å². The van der Waals surface area contributed by atoms with E-state index in [1.54, 1.807) is 13.8 Å². The highest BCUT2D eigenvalue weighted by molar-refractivity contribution is 6.30. The standard InChI is InChI=1S/C12H9ClF2N2O/c1-6-11(13)16-7(2)17-12(6)18-10-5-8(14)3-4-9(10)15/h3-5H,1-2H3. The molecule has 1 aromatic heterocycles. The summed E-state index contributed by atoms with van der Waals surface area (Å²) in [6.07, 6.45) is 0. The Morgan fingerprint density at radius 2 is 1.89 bits per heavy atom. The van der Waals surface area contributed by atoms with E-state index >= 15 is 0 Å². The molecule has 0 saturated heterocycles. The Morgan fingerprint density at radius 1 is 1.17 bits per heavy atom. The first-order valence-corrected chi connectivity index (χ1v) is 5.49. The minimum Gasteiger partial charge on any atom is -0.435 e. The minimum absolute atomic E-state index is 0.108. The molecule has 0 aliphatic carbocycles. The molecule has 18 heavy (non-hydrogen) atoms. The maximum Gasteiger partial charge on any atom is 0.227 e. The van der Waals surface area contributed by atoms with Crippen molar-refractivity contribution in [3.05, 3.63) is 46.4 Å². The zero-order chi connectivity index (χ0) is 13.3. The van der Waals surface area contributed by atoms with Crippen molar-refractivity contribution in [1.29, 1.82) is 0 Å². The largest absolute Gasteiger partial charge is 0.435 e. The third-order valence-electron chi connectivity index (χ3n) is 2.25. The van der Waals surface area contributed by atoms with Crippen molar-refractivity contribution in [3.63, 3.8) is 0 Å². The molecule has 0 spiro atoms. The SMILES string of the molecule is Cc1nc(Cl)c(C)c(Oc2cc(F)ccc2F)n1. The first-order chi connectivity index (χ1) is 8.47. The van der Waals surface area contributed by atoms with Gasteiger partial charge in [-0.05, 0) is 26.0 Å². The molecule has 0 fully saturated rings. The van der Waals surface area contributed by atoms with Crippen LogP contribution in [0.2, 0.25) is 5.15 Å². The normalized spacial score (nSPS) is 10.5. The summed E-state index contributed by atoms with van der Waals surface area (Å²) in [6.45, 7) is 3.26. The summed E-state index contributed by atoms with van der Waals surface area (Å²) in [4.78, 5) is 7.91.